The van der Waals surface area contributed by atoms with Gasteiger partial charge in [-0.1, -0.05) is 106 Å². The summed E-state index contributed by atoms with van der Waals surface area (Å²) in [7, 11) is 0. The third kappa shape index (κ3) is 5.24. The predicted octanol–water partition coefficient (Wildman–Crippen LogP) is 16.1. The summed E-state index contributed by atoms with van der Waals surface area (Å²) in [6, 6.07) is 70.2. The average molecular weight is 772 g/mol. The van der Waals surface area contributed by atoms with Crippen molar-refractivity contribution in [3.63, 3.8) is 0 Å². The van der Waals surface area contributed by atoms with Crippen LogP contribution in [0.15, 0.2) is 199 Å². The highest BCUT2D eigenvalue weighted by molar-refractivity contribution is 6.29. The van der Waals surface area contributed by atoms with Gasteiger partial charge >= 0.3 is 0 Å². The first kappa shape index (κ1) is 34.5. The number of hydrogen-bond donors (Lipinski definition) is 0. The van der Waals surface area contributed by atoms with Crippen molar-refractivity contribution in [1.29, 1.82) is 0 Å². The van der Waals surface area contributed by atoms with E-state index in [0.29, 0.717) is 0 Å². The molecular weight excluding hydrogens is 731 g/mol. The van der Waals surface area contributed by atoms with E-state index in [1.54, 1.807) is 0 Å². The predicted molar refractivity (Wildman–Crippen MR) is 254 cm³/mol. The van der Waals surface area contributed by atoms with E-state index in [0.717, 1.165) is 55.8 Å². The van der Waals surface area contributed by atoms with E-state index in [1.165, 1.54) is 54.7 Å². The normalized spacial score (nSPS) is 12.2. The monoisotopic (exact) mass is 771 g/mol. The lowest BCUT2D eigenvalue weighted by Gasteiger charge is -2.26. The van der Waals surface area contributed by atoms with Crippen molar-refractivity contribution < 1.29 is 4.42 Å². The van der Waals surface area contributed by atoms with E-state index in [1.807, 2.05) is 0 Å². The Morgan fingerprint density at radius 2 is 0.950 bits per heavy atom. The summed E-state index contributed by atoms with van der Waals surface area (Å²) in [5.74, 6) is 0. The van der Waals surface area contributed by atoms with Gasteiger partial charge in [-0.3, -0.25) is 0 Å². The number of anilines is 6. The summed E-state index contributed by atoms with van der Waals surface area (Å²) < 4.78 is 9.26. The van der Waals surface area contributed by atoms with Gasteiger partial charge in [0, 0.05) is 66.8 Å². The highest BCUT2D eigenvalue weighted by Gasteiger charge is 2.26. The summed E-state index contributed by atoms with van der Waals surface area (Å²) in [5, 5.41) is 9.60. The minimum Gasteiger partial charge on any atom is -0.456 e. The average Bonchev–Trinajstić information content (AvgIpc) is 3.92. The van der Waals surface area contributed by atoms with Crippen LogP contribution in [-0.4, -0.2) is 4.40 Å². The van der Waals surface area contributed by atoms with Crippen LogP contribution in [0.4, 0.5) is 34.1 Å². The Balaban J connectivity index is 1.09. The van der Waals surface area contributed by atoms with Gasteiger partial charge in [-0.05, 0) is 125 Å². The maximum absolute atomic E-state index is 6.75. The van der Waals surface area contributed by atoms with Crippen LogP contribution < -0.4 is 9.80 Å². The molecule has 12 rings (SSSR count). The van der Waals surface area contributed by atoms with Gasteiger partial charge in [-0.25, -0.2) is 0 Å². The second kappa shape index (κ2) is 13.0. The SMILES string of the molecule is CC(C)(C)c1ccc2c(c1)c1c(N(c3ccccc3)c3ccccc3)ccc3c4cc5cc6c(cc5cc4n2c31)oc1cc(N(c2ccccc2)c2ccccc2)ccc16. The van der Waals surface area contributed by atoms with Crippen LogP contribution in [0, 0.1) is 0 Å². The number of hydrogen-bond acceptors (Lipinski definition) is 3. The molecule has 9 aromatic carbocycles. The van der Waals surface area contributed by atoms with Crippen LogP contribution in [0.1, 0.15) is 26.3 Å². The molecule has 0 aliphatic heterocycles. The van der Waals surface area contributed by atoms with E-state index < -0.39 is 0 Å². The molecule has 3 aromatic heterocycles. The Morgan fingerprint density at radius 3 is 1.57 bits per heavy atom. The van der Waals surface area contributed by atoms with Gasteiger partial charge in [-0.2, -0.15) is 0 Å². The molecule has 3 heterocycles. The van der Waals surface area contributed by atoms with Crippen LogP contribution in [0.25, 0.3) is 70.8 Å². The first-order chi connectivity index (χ1) is 29.4. The summed E-state index contributed by atoms with van der Waals surface area (Å²) in [6.45, 7) is 6.90. The first-order valence-electron chi connectivity index (χ1n) is 20.8. The Bertz CT molecular complexity index is 3490. The van der Waals surface area contributed by atoms with Gasteiger partial charge in [0.1, 0.15) is 11.2 Å². The highest BCUT2D eigenvalue weighted by atomic mass is 16.3. The van der Waals surface area contributed by atoms with Gasteiger partial charge in [0.25, 0.3) is 0 Å². The van der Waals surface area contributed by atoms with Gasteiger partial charge < -0.3 is 18.6 Å². The second-order valence-electron chi connectivity index (χ2n) is 17.0. The van der Waals surface area contributed by atoms with Gasteiger partial charge in [0.05, 0.1) is 22.2 Å². The lowest BCUT2D eigenvalue weighted by Crippen LogP contribution is -2.11. The maximum Gasteiger partial charge on any atom is 0.137 e. The molecule has 0 unspecified atom stereocenters. The molecule has 0 spiro atoms. The fraction of sp³-hybridized carbons (Fsp3) is 0.0714. The molecule has 4 heteroatoms. The Kier molecular flexibility index (Phi) is 7.45. The number of rotatable bonds is 6. The molecular formula is C56H41N3O. The van der Waals surface area contributed by atoms with Crippen LogP contribution in [0.3, 0.4) is 0 Å². The topological polar surface area (TPSA) is 24.0 Å². The molecule has 0 atom stereocenters. The molecule has 0 bridgehead atoms. The van der Waals surface area contributed by atoms with Gasteiger partial charge in [0.15, 0.2) is 0 Å². The first-order valence-corrected chi connectivity index (χ1v) is 20.8. The smallest absolute Gasteiger partial charge is 0.137 e. The Morgan fingerprint density at radius 1 is 0.400 bits per heavy atom. The number of fused-ring (bicyclic) bond motifs is 10. The van der Waals surface area contributed by atoms with Crippen molar-refractivity contribution in [3.8, 4) is 0 Å². The van der Waals surface area contributed by atoms with Crippen LogP contribution >= 0.6 is 0 Å². The summed E-state index contributed by atoms with van der Waals surface area (Å²) in [6.07, 6.45) is 0. The molecule has 0 saturated carbocycles. The van der Waals surface area contributed by atoms with E-state index >= 15 is 0 Å². The van der Waals surface area contributed by atoms with Crippen molar-refractivity contribution in [2.24, 2.45) is 0 Å². The molecule has 0 aliphatic carbocycles. The molecule has 60 heavy (non-hydrogen) atoms. The molecule has 4 nitrogen and oxygen atoms in total. The van der Waals surface area contributed by atoms with Crippen LogP contribution in [0.5, 0.6) is 0 Å². The number of furan rings is 1. The summed E-state index contributed by atoms with van der Waals surface area (Å²) in [4.78, 5) is 4.69. The van der Waals surface area contributed by atoms with Gasteiger partial charge in [-0.15, -0.1) is 0 Å². The van der Waals surface area contributed by atoms with Crippen molar-refractivity contribution in [2.75, 3.05) is 9.80 Å². The van der Waals surface area contributed by atoms with E-state index in [4.69, 9.17) is 4.42 Å². The Labute approximate surface area is 348 Å². The molecule has 0 aliphatic rings. The van der Waals surface area contributed by atoms with Crippen molar-refractivity contribution in [1.82, 2.24) is 4.40 Å². The molecule has 0 N–H and O–H groups in total. The number of para-hydroxylation sites is 4. The Hall–Kier alpha value is -7.56. The van der Waals surface area contributed by atoms with Crippen molar-refractivity contribution in [3.05, 3.63) is 200 Å². The molecule has 0 radical (unpaired) electrons. The fourth-order valence-corrected chi connectivity index (χ4v) is 9.52. The number of aromatic nitrogens is 1. The van der Waals surface area contributed by atoms with Gasteiger partial charge in [0.2, 0.25) is 0 Å². The zero-order valence-electron chi connectivity index (χ0n) is 33.7. The fourth-order valence-electron chi connectivity index (χ4n) is 9.52. The molecule has 0 fully saturated rings. The van der Waals surface area contributed by atoms with E-state index in [9.17, 15) is 0 Å². The zero-order chi connectivity index (χ0) is 40.1. The van der Waals surface area contributed by atoms with E-state index in [2.05, 4.69) is 229 Å². The largest absolute Gasteiger partial charge is 0.456 e. The molecule has 0 amide bonds. The zero-order valence-corrected chi connectivity index (χ0v) is 33.7. The third-order valence-corrected chi connectivity index (χ3v) is 12.4. The molecule has 12 aromatic rings. The second-order valence-corrected chi connectivity index (χ2v) is 17.0. The standard InChI is InChI=1S/C56H41N3O/c1-56(2,3)38-24-28-49-48(34-38)54-50(58(41-20-12-6-13-21-41)42-22-14-7-15-23-42)29-27-45-46-30-36-31-47-44-26-25-43(57(39-16-8-4-9-17-39)40-18-10-5-11-19-40)35-53(44)60-52(47)33-37(36)32-51(46)59(49)55(45)54/h4-35H,1-3H3. The number of benzene rings is 9. The van der Waals surface area contributed by atoms with Crippen molar-refractivity contribution >= 4 is 105 Å². The van der Waals surface area contributed by atoms with Crippen LogP contribution in [0.2, 0.25) is 0 Å². The molecule has 0 saturated heterocycles. The van der Waals surface area contributed by atoms with Crippen molar-refractivity contribution in [2.45, 2.75) is 26.2 Å². The summed E-state index contributed by atoms with van der Waals surface area (Å²) in [5.41, 5.74) is 13.4. The summed E-state index contributed by atoms with van der Waals surface area (Å²) >= 11 is 0. The maximum atomic E-state index is 6.75. The highest BCUT2D eigenvalue weighted by Crippen LogP contribution is 2.49. The van der Waals surface area contributed by atoms with Crippen LogP contribution in [-0.2, 0) is 5.41 Å². The lowest BCUT2D eigenvalue weighted by atomic mass is 9.86. The molecule has 286 valence electrons. The third-order valence-electron chi connectivity index (χ3n) is 12.4. The lowest BCUT2D eigenvalue weighted by molar-refractivity contribution is 0.591. The minimum absolute atomic E-state index is 0.00272. The number of nitrogens with zero attached hydrogens (tertiary/aromatic N) is 3. The van der Waals surface area contributed by atoms with E-state index in [-0.39, 0.29) is 5.41 Å². The minimum atomic E-state index is -0.00272. The quantitative estimate of drug-likeness (QED) is 0.168.